The summed E-state index contributed by atoms with van der Waals surface area (Å²) in [7, 11) is -2.73. The van der Waals surface area contributed by atoms with Crippen molar-refractivity contribution in [3.8, 4) is 0 Å². The van der Waals surface area contributed by atoms with E-state index in [-0.39, 0.29) is 6.61 Å². The molecule has 0 aliphatic carbocycles. The van der Waals surface area contributed by atoms with Crippen molar-refractivity contribution < 1.29 is 33.3 Å². The number of aliphatic hydroxyl groups excluding tert-OH is 1. The normalized spacial score (nSPS) is 11.5. The van der Waals surface area contributed by atoms with Crippen LogP contribution in [-0.4, -0.2) is 69.7 Å². The Morgan fingerprint density at radius 2 is 1.50 bits per heavy atom. The smallest absolute Gasteiger partial charge is 0.396 e. The second-order valence-corrected chi connectivity index (χ2v) is 7.24. The van der Waals surface area contributed by atoms with Crippen LogP contribution in [0.1, 0.15) is 33.6 Å². The number of aliphatic hydroxyl groups is 1. The third-order valence-electron chi connectivity index (χ3n) is 2.93. The van der Waals surface area contributed by atoms with Crippen LogP contribution < -0.4 is 0 Å². The van der Waals surface area contributed by atoms with Crippen molar-refractivity contribution in [1.82, 2.24) is 4.90 Å². The van der Waals surface area contributed by atoms with Crippen LogP contribution in [0.4, 0.5) is 4.79 Å². The molecule has 0 rings (SSSR count). The Kier molecular flexibility index (Phi) is 12.4. The molecule has 1 amide bonds. The molecule has 0 aromatic heterocycles. The predicted octanol–water partition coefficient (Wildman–Crippen LogP) is 1.72. The molecule has 0 atom stereocenters. The Labute approximate surface area is 133 Å². The molecule has 0 aromatic rings. The van der Waals surface area contributed by atoms with Crippen molar-refractivity contribution in [3.63, 3.8) is 0 Å². The van der Waals surface area contributed by atoms with Gasteiger partial charge in [-0.3, -0.25) is 4.89 Å². The first-order valence-corrected chi connectivity index (χ1v) is 9.65. The Morgan fingerprint density at radius 1 is 1.00 bits per heavy atom. The minimum Gasteiger partial charge on any atom is -0.396 e. The molecule has 132 valence electrons. The van der Waals surface area contributed by atoms with Gasteiger partial charge in [-0.2, -0.15) is 5.26 Å². The number of hydrogen-bond donors (Lipinski definition) is 2. The van der Waals surface area contributed by atoms with E-state index < -0.39 is 14.9 Å². The summed E-state index contributed by atoms with van der Waals surface area (Å²) in [6.45, 7) is 7.79. The van der Waals surface area contributed by atoms with Gasteiger partial charge in [0, 0.05) is 45.6 Å². The summed E-state index contributed by atoms with van der Waals surface area (Å²) in [5, 5.41) is 17.3. The van der Waals surface area contributed by atoms with Crippen LogP contribution in [0.5, 0.6) is 0 Å². The highest BCUT2D eigenvalue weighted by Crippen LogP contribution is 2.18. The molecule has 0 heterocycles. The maximum Gasteiger partial charge on any atom is 0.500 e. The minimum absolute atomic E-state index is 0.0370. The summed E-state index contributed by atoms with van der Waals surface area (Å²) in [5.74, 6) is 0. The maximum atomic E-state index is 11.4. The van der Waals surface area contributed by atoms with Crippen molar-refractivity contribution in [2.24, 2.45) is 0 Å². The third kappa shape index (κ3) is 8.06. The molecule has 0 radical (unpaired) electrons. The van der Waals surface area contributed by atoms with Gasteiger partial charge in [0.1, 0.15) is 0 Å². The van der Waals surface area contributed by atoms with E-state index in [0.717, 1.165) is 0 Å². The summed E-state index contributed by atoms with van der Waals surface area (Å²) < 4.78 is 17.2. The molecule has 0 saturated heterocycles. The van der Waals surface area contributed by atoms with Crippen molar-refractivity contribution in [1.29, 1.82) is 0 Å². The van der Waals surface area contributed by atoms with Crippen LogP contribution in [0, 0.1) is 0 Å². The highest BCUT2D eigenvalue weighted by atomic mass is 28.4. The second-order valence-electron chi connectivity index (χ2n) is 4.51. The monoisotopic (exact) mass is 339 g/mol. The van der Waals surface area contributed by atoms with E-state index in [1.165, 1.54) is 4.90 Å². The van der Waals surface area contributed by atoms with E-state index in [4.69, 9.17) is 23.6 Å². The zero-order valence-corrected chi connectivity index (χ0v) is 14.7. The fourth-order valence-corrected chi connectivity index (χ4v) is 4.69. The molecule has 0 bridgehead atoms. The summed E-state index contributed by atoms with van der Waals surface area (Å²) in [6.07, 6.45) is 0.178. The molecule has 0 fully saturated rings. The van der Waals surface area contributed by atoms with Gasteiger partial charge in [-0.05, 0) is 33.6 Å². The molecule has 22 heavy (non-hydrogen) atoms. The Morgan fingerprint density at radius 3 is 1.91 bits per heavy atom. The van der Waals surface area contributed by atoms with E-state index in [9.17, 15) is 4.79 Å². The first-order chi connectivity index (χ1) is 10.6. The molecule has 0 unspecified atom stereocenters. The lowest BCUT2D eigenvalue weighted by Gasteiger charge is -2.29. The molecule has 0 aromatic carbocycles. The number of nitrogens with zero attached hydrogens (tertiary/aromatic N) is 1. The van der Waals surface area contributed by atoms with Crippen molar-refractivity contribution in [2.75, 3.05) is 39.5 Å². The molecular formula is C13H29NO7Si. The van der Waals surface area contributed by atoms with Crippen LogP contribution in [0.15, 0.2) is 0 Å². The third-order valence-corrected chi connectivity index (χ3v) is 6.08. The van der Waals surface area contributed by atoms with Gasteiger partial charge < -0.3 is 23.3 Å². The Hall–Kier alpha value is -0.713. The highest BCUT2D eigenvalue weighted by Gasteiger charge is 2.39. The first-order valence-electron chi connectivity index (χ1n) is 7.72. The molecular weight excluding hydrogens is 310 g/mol. The van der Waals surface area contributed by atoms with Gasteiger partial charge in [0.15, 0.2) is 0 Å². The van der Waals surface area contributed by atoms with Crippen LogP contribution in [0.25, 0.3) is 0 Å². The molecule has 8 nitrogen and oxygen atoms in total. The number of carbonyl (C=O) groups is 1. The largest absolute Gasteiger partial charge is 0.500 e. The molecule has 2 N–H and O–H groups in total. The summed E-state index contributed by atoms with van der Waals surface area (Å²) in [5.41, 5.74) is 0. The van der Waals surface area contributed by atoms with Gasteiger partial charge >= 0.3 is 14.9 Å². The van der Waals surface area contributed by atoms with Gasteiger partial charge in [0.05, 0.1) is 0 Å². The average molecular weight is 339 g/mol. The van der Waals surface area contributed by atoms with E-state index in [1.807, 2.05) is 20.8 Å². The van der Waals surface area contributed by atoms with E-state index in [1.54, 1.807) is 0 Å². The van der Waals surface area contributed by atoms with Crippen molar-refractivity contribution in [2.45, 2.75) is 39.7 Å². The van der Waals surface area contributed by atoms with E-state index in [0.29, 0.717) is 51.8 Å². The fourth-order valence-electron chi connectivity index (χ4n) is 2.10. The quantitative estimate of drug-likeness (QED) is 0.299. The van der Waals surface area contributed by atoms with Crippen LogP contribution in [0.2, 0.25) is 6.04 Å². The topological polar surface area (TPSA) is 97.7 Å². The van der Waals surface area contributed by atoms with Crippen molar-refractivity contribution >= 4 is 14.9 Å². The SMILES string of the molecule is CCO[Si](CCCN(CCCO)C(=O)OO)(OCC)OCC. The maximum absolute atomic E-state index is 11.4. The van der Waals surface area contributed by atoms with Gasteiger partial charge in [0.25, 0.3) is 0 Å². The number of amides is 1. The van der Waals surface area contributed by atoms with Crippen molar-refractivity contribution in [3.05, 3.63) is 0 Å². The lowest BCUT2D eigenvalue weighted by Crippen LogP contribution is -2.46. The zero-order chi connectivity index (χ0) is 16.8. The predicted molar refractivity (Wildman–Crippen MR) is 82.4 cm³/mol. The van der Waals surface area contributed by atoms with Crippen LogP contribution in [0.3, 0.4) is 0 Å². The number of carbonyl (C=O) groups excluding carboxylic acids is 1. The summed E-state index contributed by atoms with van der Waals surface area (Å²) >= 11 is 0. The van der Waals surface area contributed by atoms with E-state index in [2.05, 4.69) is 4.89 Å². The van der Waals surface area contributed by atoms with Gasteiger partial charge in [0.2, 0.25) is 0 Å². The summed E-state index contributed by atoms with van der Waals surface area (Å²) in [6, 6.07) is 0.566. The molecule has 0 aliphatic rings. The van der Waals surface area contributed by atoms with Gasteiger partial charge in [-0.25, -0.2) is 4.79 Å². The highest BCUT2D eigenvalue weighted by molar-refractivity contribution is 6.60. The zero-order valence-electron chi connectivity index (χ0n) is 13.7. The minimum atomic E-state index is -2.73. The summed E-state index contributed by atoms with van der Waals surface area (Å²) in [4.78, 5) is 16.5. The number of rotatable bonds is 13. The molecule has 0 spiro atoms. The Balaban J connectivity index is 4.56. The second kappa shape index (κ2) is 12.8. The fraction of sp³-hybridized carbons (Fsp3) is 0.923. The molecule has 0 aliphatic heterocycles. The van der Waals surface area contributed by atoms with E-state index >= 15 is 0 Å². The van der Waals surface area contributed by atoms with Gasteiger partial charge in [-0.1, -0.05) is 0 Å². The van der Waals surface area contributed by atoms with Crippen LogP contribution >= 0.6 is 0 Å². The average Bonchev–Trinajstić information content (AvgIpc) is 2.50. The lowest BCUT2D eigenvalue weighted by molar-refractivity contribution is -0.188. The Bertz CT molecular complexity index is 277. The lowest BCUT2D eigenvalue weighted by atomic mass is 10.3. The number of hydrogen-bond acceptors (Lipinski definition) is 7. The molecule has 0 saturated carbocycles. The standard InChI is InChI=1S/C13H29NO7Si/c1-4-18-22(19-5-2,20-6-3)12-8-10-14(9-7-11-15)13(16)21-17/h15,17H,4-12H2,1-3H3. The van der Waals surface area contributed by atoms with Crippen LogP contribution in [-0.2, 0) is 18.2 Å². The molecule has 9 heteroatoms. The first kappa shape index (κ1) is 21.3. The van der Waals surface area contributed by atoms with Gasteiger partial charge in [-0.15, -0.1) is 0 Å².